The molecule has 1 aliphatic carbocycles. The summed E-state index contributed by atoms with van der Waals surface area (Å²) in [5.41, 5.74) is 3.73. The molecule has 0 fully saturated rings. The standard InChI is InChI=1S/C14H15BrClN3/c1-19-14-4-2-3-12(10(14)8-17-19)18-13-6-5-9(16)7-11(13)15/h5-8,12,18H,2-4H2,1H3. The summed E-state index contributed by atoms with van der Waals surface area (Å²) in [5, 5.41) is 8.70. The molecular weight excluding hydrogens is 326 g/mol. The minimum Gasteiger partial charge on any atom is -0.377 e. The van der Waals surface area contributed by atoms with Gasteiger partial charge >= 0.3 is 0 Å². The van der Waals surface area contributed by atoms with Crippen LogP contribution >= 0.6 is 27.5 Å². The zero-order valence-electron chi connectivity index (χ0n) is 10.7. The minimum atomic E-state index is 0.329. The molecule has 1 heterocycles. The second-order valence-electron chi connectivity index (χ2n) is 4.88. The maximum absolute atomic E-state index is 5.97. The van der Waals surface area contributed by atoms with Gasteiger partial charge in [0, 0.05) is 33.5 Å². The largest absolute Gasteiger partial charge is 0.377 e. The second-order valence-corrected chi connectivity index (χ2v) is 6.17. The highest BCUT2D eigenvalue weighted by Gasteiger charge is 2.23. The van der Waals surface area contributed by atoms with Crippen molar-refractivity contribution in [1.82, 2.24) is 9.78 Å². The van der Waals surface area contributed by atoms with E-state index >= 15 is 0 Å². The Balaban J connectivity index is 1.88. The fraction of sp³-hybridized carbons (Fsp3) is 0.357. The van der Waals surface area contributed by atoms with Crippen LogP contribution in [0, 0.1) is 0 Å². The van der Waals surface area contributed by atoms with Gasteiger partial charge in [-0.25, -0.2) is 0 Å². The molecule has 0 saturated carbocycles. The van der Waals surface area contributed by atoms with Gasteiger partial charge in [0.25, 0.3) is 0 Å². The van der Waals surface area contributed by atoms with E-state index in [1.54, 1.807) is 0 Å². The number of hydrogen-bond acceptors (Lipinski definition) is 2. The summed E-state index contributed by atoms with van der Waals surface area (Å²) in [6, 6.07) is 6.16. The summed E-state index contributed by atoms with van der Waals surface area (Å²) in [6.07, 6.45) is 5.42. The van der Waals surface area contributed by atoms with E-state index in [-0.39, 0.29) is 0 Å². The molecule has 1 atom stereocenters. The molecule has 0 radical (unpaired) electrons. The topological polar surface area (TPSA) is 29.9 Å². The van der Waals surface area contributed by atoms with Crippen LogP contribution in [0.15, 0.2) is 28.9 Å². The minimum absolute atomic E-state index is 0.329. The number of rotatable bonds is 2. The van der Waals surface area contributed by atoms with E-state index in [0.29, 0.717) is 6.04 Å². The maximum atomic E-state index is 5.97. The molecule has 5 heteroatoms. The number of anilines is 1. The van der Waals surface area contributed by atoms with Crippen molar-refractivity contribution >= 4 is 33.2 Å². The Kier molecular flexibility index (Phi) is 3.54. The van der Waals surface area contributed by atoms with Crippen molar-refractivity contribution in [2.75, 3.05) is 5.32 Å². The van der Waals surface area contributed by atoms with Gasteiger partial charge in [-0.1, -0.05) is 11.6 Å². The lowest BCUT2D eigenvalue weighted by molar-refractivity contribution is 0.571. The van der Waals surface area contributed by atoms with Crippen molar-refractivity contribution in [3.05, 3.63) is 45.1 Å². The zero-order valence-corrected chi connectivity index (χ0v) is 13.0. The lowest BCUT2D eigenvalue weighted by Crippen LogP contribution is -2.18. The van der Waals surface area contributed by atoms with E-state index in [9.17, 15) is 0 Å². The van der Waals surface area contributed by atoms with E-state index in [2.05, 4.69) is 26.3 Å². The molecule has 0 bridgehead atoms. The summed E-state index contributed by atoms with van der Waals surface area (Å²) in [5.74, 6) is 0. The number of nitrogens with one attached hydrogen (secondary N) is 1. The molecule has 1 aromatic carbocycles. The molecule has 2 aromatic rings. The molecule has 0 aliphatic heterocycles. The van der Waals surface area contributed by atoms with Gasteiger partial charge in [-0.15, -0.1) is 0 Å². The summed E-state index contributed by atoms with van der Waals surface area (Å²) < 4.78 is 2.98. The highest BCUT2D eigenvalue weighted by Crippen LogP contribution is 2.35. The van der Waals surface area contributed by atoms with Gasteiger partial charge < -0.3 is 5.32 Å². The van der Waals surface area contributed by atoms with E-state index in [4.69, 9.17) is 11.6 Å². The Morgan fingerprint density at radius 2 is 2.32 bits per heavy atom. The molecule has 0 saturated heterocycles. The second kappa shape index (κ2) is 5.17. The van der Waals surface area contributed by atoms with Gasteiger partial charge in [0.05, 0.1) is 12.2 Å². The molecule has 1 N–H and O–H groups in total. The predicted octanol–water partition coefficient (Wildman–Crippen LogP) is 4.33. The first kappa shape index (κ1) is 13.0. The van der Waals surface area contributed by atoms with Crippen molar-refractivity contribution in [2.45, 2.75) is 25.3 Å². The smallest absolute Gasteiger partial charge is 0.0548 e. The molecule has 0 amide bonds. The van der Waals surface area contributed by atoms with Crippen LogP contribution in [0.5, 0.6) is 0 Å². The molecule has 3 rings (SSSR count). The van der Waals surface area contributed by atoms with Crippen LogP contribution in [0.2, 0.25) is 5.02 Å². The fourth-order valence-corrected chi connectivity index (χ4v) is 3.45. The van der Waals surface area contributed by atoms with Crippen LogP contribution in [0.25, 0.3) is 0 Å². The first-order valence-corrected chi connectivity index (χ1v) is 7.54. The molecule has 0 spiro atoms. The SMILES string of the molecule is Cn1ncc2c1CCCC2Nc1ccc(Cl)cc1Br. The van der Waals surface area contributed by atoms with E-state index in [0.717, 1.165) is 28.0 Å². The van der Waals surface area contributed by atoms with Gasteiger partial charge in [0.1, 0.15) is 0 Å². The van der Waals surface area contributed by atoms with Crippen LogP contribution in [0.4, 0.5) is 5.69 Å². The molecule has 3 nitrogen and oxygen atoms in total. The molecule has 1 unspecified atom stereocenters. The molecule has 1 aliphatic rings. The van der Waals surface area contributed by atoms with Crippen LogP contribution in [0.3, 0.4) is 0 Å². The van der Waals surface area contributed by atoms with Gasteiger partial charge in [-0.2, -0.15) is 5.10 Å². The Labute approximate surface area is 126 Å². The summed E-state index contributed by atoms with van der Waals surface area (Å²) >= 11 is 9.52. The van der Waals surface area contributed by atoms with Crippen LogP contribution < -0.4 is 5.32 Å². The molecule has 19 heavy (non-hydrogen) atoms. The van der Waals surface area contributed by atoms with Gasteiger partial charge in [-0.3, -0.25) is 4.68 Å². The van der Waals surface area contributed by atoms with Crippen LogP contribution in [0.1, 0.15) is 30.1 Å². The molecule has 100 valence electrons. The Morgan fingerprint density at radius 1 is 1.47 bits per heavy atom. The Morgan fingerprint density at radius 3 is 3.11 bits per heavy atom. The van der Waals surface area contributed by atoms with Crippen molar-refractivity contribution in [1.29, 1.82) is 0 Å². The van der Waals surface area contributed by atoms with Crippen molar-refractivity contribution < 1.29 is 0 Å². The number of aromatic nitrogens is 2. The highest BCUT2D eigenvalue weighted by molar-refractivity contribution is 9.10. The van der Waals surface area contributed by atoms with E-state index in [1.807, 2.05) is 36.1 Å². The van der Waals surface area contributed by atoms with Gasteiger partial charge in [-0.05, 0) is 53.4 Å². The number of fused-ring (bicyclic) bond motifs is 1. The lowest BCUT2D eigenvalue weighted by Gasteiger charge is -2.25. The zero-order chi connectivity index (χ0) is 13.4. The van der Waals surface area contributed by atoms with Crippen molar-refractivity contribution in [2.24, 2.45) is 7.05 Å². The third kappa shape index (κ3) is 2.51. The molecular formula is C14H15BrClN3. The quantitative estimate of drug-likeness (QED) is 0.882. The average Bonchev–Trinajstić information content (AvgIpc) is 2.76. The molecule has 1 aromatic heterocycles. The maximum Gasteiger partial charge on any atom is 0.0548 e. The summed E-state index contributed by atoms with van der Waals surface area (Å²) in [6.45, 7) is 0. The van der Waals surface area contributed by atoms with Gasteiger partial charge in [0.2, 0.25) is 0 Å². The number of halogens is 2. The fourth-order valence-electron chi connectivity index (χ4n) is 2.65. The summed E-state index contributed by atoms with van der Waals surface area (Å²) in [4.78, 5) is 0. The van der Waals surface area contributed by atoms with Crippen molar-refractivity contribution in [3.8, 4) is 0 Å². The van der Waals surface area contributed by atoms with E-state index < -0.39 is 0 Å². The monoisotopic (exact) mass is 339 g/mol. The summed E-state index contributed by atoms with van der Waals surface area (Å²) in [7, 11) is 2.01. The van der Waals surface area contributed by atoms with E-state index in [1.165, 1.54) is 17.7 Å². The average molecular weight is 341 g/mol. The number of nitrogens with zero attached hydrogens (tertiary/aromatic N) is 2. The third-order valence-electron chi connectivity index (χ3n) is 3.64. The van der Waals surface area contributed by atoms with Gasteiger partial charge in [0.15, 0.2) is 0 Å². The highest BCUT2D eigenvalue weighted by atomic mass is 79.9. The van der Waals surface area contributed by atoms with Crippen molar-refractivity contribution in [3.63, 3.8) is 0 Å². The predicted molar refractivity (Wildman–Crippen MR) is 81.7 cm³/mol. The number of hydrogen-bond donors (Lipinski definition) is 1. The lowest BCUT2D eigenvalue weighted by atomic mass is 9.93. The normalized spacial score (nSPS) is 18.2. The number of benzene rings is 1. The first-order chi connectivity index (χ1) is 9.15. The van der Waals surface area contributed by atoms with Crippen LogP contribution in [-0.2, 0) is 13.5 Å². The van der Waals surface area contributed by atoms with Crippen LogP contribution in [-0.4, -0.2) is 9.78 Å². The Bertz CT molecular complexity index is 609. The first-order valence-electron chi connectivity index (χ1n) is 6.37. The third-order valence-corrected chi connectivity index (χ3v) is 4.53. The number of aryl methyl sites for hydroxylation is 1. The Hall–Kier alpha value is -1.000.